The molecule has 5 nitrogen and oxygen atoms in total. The molecule has 3 N–H and O–H groups in total. The molecule has 2 bridgehead atoms. The fourth-order valence-electron chi connectivity index (χ4n) is 3.72. The van der Waals surface area contributed by atoms with Crippen molar-refractivity contribution in [3.63, 3.8) is 0 Å². The van der Waals surface area contributed by atoms with Gasteiger partial charge in [-0.3, -0.25) is 9.59 Å². The highest BCUT2D eigenvalue weighted by atomic mass is 16.2. The number of rotatable bonds is 2. The third kappa shape index (κ3) is 2.00. The molecule has 0 aromatic heterocycles. The van der Waals surface area contributed by atoms with Crippen LogP contribution in [0.15, 0.2) is 0 Å². The van der Waals surface area contributed by atoms with Gasteiger partial charge in [-0.15, -0.1) is 0 Å². The molecule has 0 aromatic rings. The number of nitrogens with two attached hydrogens (primary N) is 1. The Morgan fingerprint density at radius 1 is 1.11 bits per heavy atom. The molecule has 3 unspecified atom stereocenters. The molecular weight excluding hydrogens is 230 g/mol. The third-order valence-corrected chi connectivity index (χ3v) is 4.83. The van der Waals surface area contributed by atoms with Crippen LogP contribution < -0.4 is 11.1 Å². The van der Waals surface area contributed by atoms with Gasteiger partial charge in [-0.25, -0.2) is 0 Å². The summed E-state index contributed by atoms with van der Waals surface area (Å²) in [5.41, 5.74) is 5.31. The van der Waals surface area contributed by atoms with Crippen molar-refractivity contribution >= 4 is 11.8 Å². The van der Waals surface area contributed by atoms with Crippen LogP contribution in [0.3, 0.4) is 0 Å². The zero-order chi connectivity index (χ0) is 12.7. The van der Waals surface area contributed by atoms with Crippen LogP contribution in [0.2, 0.25) is 0 Å². The molecule has 0 saturated carbocycles. The van der Waals surface area contributed by atoms with Crippen molar-refractivity contribution in [3.05, 3.63) is 0 Å². The van der Waals surface area contributed by atoms with Gasteiger partial charge >= 0.3 is 0 Å². The second kappa shape index (κ2) is 4.53. The first-order valence-electron chi connectivity index (χ1n) is 6.99. The Labute approximate surface area is 107 Å². The lowest BCUT2D eigenvalue weighted by Crippen LogP contribution is -2.46. The Hall–Kier alpha value is -1.10. The largest absolute Gasteiger partial charge is 0.369 e. The fraction of sp³-hybridized carbons (Fsp3) is 0.846. The van der Waals surface area contributed by atoms with Crippen molar-refractivity contribution in [2.45, 2.75) is 44.2 Å². The Morgan fingerprint density at radius 2 is 1.83 bits per heavy atom. The van der Waals surface area contributed by atoms with Crippen LogP contribution in [-0.4, -0.2) is 41.9 Å². The van der Waals surface area contributed by atoms with Crippen LogP contribution in [0, 0.1) is 11.8 Å². The molecule has 5 heteroatoms. The van der Waals surface area contributed by atoms with Gasteiger partial charge in [0.25, 0.3) is 0 Å². The van der Waals surface area contributed by atoms with E-state index < -0.39 is 0 Å². The molecule has 3 fully saturated rings. The van der Waals surface area contributed by atoms with Crippen LogP contribution in [0.4, 0.5) is 0 Å². The molecule has 3 rings (SSSR count). The molecule has 3 heterocycles. The molecule has 0 aromatic carbocycles. The van der Waals surface area contributed by atoms with Crippen molar-refractivity contribution in [2.75, 3.05) is 13.1 Å². The predicted molar refractivity (Wildman–Crippen MR) is 66.6 cm³/mol. The molecule has 3 aliphatic rings. The van der Waals surface area contributed by atoms with Gasteiger partial charge in [-0.2, -0.15) is 0 Å². The number of amides is 2. The number of carbonyl (C=O) groups is 2. The topological polar surface area (TPSA) is 75.4 Å². The minimum absolute atomic E-state index is 0.0350. The van der Waals surface area contributed by atoms with E-state index in [2.05, 4.69) is 5.32 Å². The molecule has 0 spiro atoms. The first kappa shape index (κ1) is 12.0. The maximum absolute atomic E-state index is 12.4. The fourth-order valence-corrected chi connectivity index (χ4v) is 3.72. The Morgan fingerprint density at radius 3 is 2.33 bits per heavy atom. The van der Waals surface area contributed by atoms with E-state index in [9.17, 15) is 9.59 Å². The van der Waals surface area contributed by atoms with E-state index in [1.165, 1.54) is 6.42 Å². The van der Waals surface area contributed by atoms with Crippen LogP contribution in [0.1, 0.15) is 32.1 Å². The van der Waals surface area contributed by atoms with Crippen molar-refractivity contribution in [2.24, 2.45) is 17.6 Å². The number of piperidine rings is 1. The minimum Gasteiger partial charge on any atom is -0.369 e. The number of nitrogens with zero attached hydrogens (tertiary/aromatic N) is 1. The summed E-state index contributed by atoms with van der Waals surface area (Å²) in [6.07, 6.45) is 4.82. The highest BCUT2D eigenvalue weighted by Gasteiger charge is 2.44. The predicted octanol–water partition coefficient (Wildman–Crippen LogP) is -0.149. The molecule has 0 aliphatic carbocycles. The number of likely N-dealkylation sites (tertiary alicyclic amines) is 1. The SMILES string of the molecule is NC(=O)C1CCN(C(=O)C2CC3CCC2N3)CC1. The summed E-state index contributed by atoms with van der Waals surface area (Å²) in [6, 6.07) is 0.962. The standard InChI is InChI=1S/C13H21N3O2/c14-12(17)8-3-5-16(6-4-8)13(18)10-7-9-1-2-11(10)15-9/h8-11,15H,1-7H2,(H2,14,17). The van der Waals surface area contributed by atoms with Crippen molar-refractivity contribution < 1.29 is 9.59 Å². The van der Waals surface area contributed by atoms with Gasteiger partial charge in [0.15, 0.2) is 0 Å². The average molecular weight is 251 g/mol. The lowest BCUT2D eigenvalue weighted by atomic mass is 9.87. The smallest absolute Gasteiger partial charge is 0.227 e. The molecule has 18 heavy (non-hydrogen) atoms. The number of nitrogens with one attached hydrogen (secondary N) is 1. The van der Waals surface area contributed by atoms with E-state index >= 15 is 0 Å². The summed E-state index contributed by atoms with van der Waals surface area (Å²) in [5, 5.41) is 3.50. The number of primary amides is 1. The Balaban J connectivity index is 1.56. The van der Waals surface area contributed by atoms with Crippen molar-refractivity contribution in [1.29, 1.82) is 0 Å². The van der Waals surface area contributed by atoms with Gasteiger partial charge in [0.05, 0.1) is 5.92 Å². The average Bonchev–Trinajstić information content (AvgIpc) is 3.00. The van der Waals surface area contributed by atoms with Crippen LogP contribution in [-0.2, 0) is 9.59 Å². The lowest BCUT2D eigenvalue weighted by molar-refractivity contribution is -0.139. The van der Waals surface area contributed by atoms with Gasteiger partial charge < -0.3 is 16.0 Å². The highest BCUT2D eigenvalue weighted by Crippen LogP contribution is 2.35. The second-order valence-corrected chi connectivity index (χ2v) is 5.89. The molecule has 3 atom stereocenters. The van der Waals surface area contributed by atoms with Gasteiger partial charge in [0.1, 0.15) is 0 Å². The van der Waals surface area contributed by atoms with Crippen LogP contribution in [0.5, 0.6) is 0 Å². The van der Waals surface area contributed by atoms with E-state index in [0.29, 0.717) is 25.2 Å². The normalized spacial score (nSPS) is 36.0. The van der Waals surface area contributed by atoms with Gasteiger partial charge in [0, 0.05) is 31.1 Å². The van der Waals surface area contributed by atoms with Gasteiger partial charge in [0.2, 0.25) is 11.8 Å². The summed E-state index contributed by atoms with van der Waals surface area (Å²) in [4.78, 5) is 25.5. The number of hydrogen-bond donors (Lipinski definition) is 2. The van der Waals surface area contributed by atoms with E-state index in [1.54, 1.807) is 0 Å². The van der Waals surface area contributed by atoms with E-state index in [0.717, 1.165) is 25.7 Å². The Kier molecular flexibility index (Phi) is 3.01. The van der Waals surface area contributed by atoms with Crippen molar-refractivity contribution in [1.82, 2.24) is 10.2 Å². The summed E-state index contributed by atoms with van der Waals surface area (Å²) in [6.45, 7) is 1.39. The minimum atomic E-state index is -0.219. The maximum Gasteiger partial charge on any atom is 0.227 e. The number of carbonyl (C=O) groups excluding carboxylic acids is 2. The van der Waals surface area contributed by atoms with E-state index in [1.807, 2.05) is 4.90 Å². The molecular formula is C13H21N3O2. The summed E-state index contributed by atoms with van der Waals surface area (Å²) in [5.74, 6) is 0.211. The van der Waals surface area contributed by atoms with E-state index in [-0.39, 0.29) is 23.7 Å². The first-order chi connectivity index (χ1) is 8.65. The zero-order valence-electron chi connectivity index (χ0n) is 10.6. The van der Waals surface area contributed by atoms with Gasteiger partial charge in [-0.05, 0) is 32.1 Å². The first-order valence-corrected chi connectivity index (χ1v) is 6.99. The van der Waals surface area contributed by atoms with Crippen LogP contribution >= 0.6 is 0 Å². The zero-order valence-corrected chi connectivity index (χ0v) is 10.6. The highest BCUT2D eigenvalue weighted by molar-refractivity contribution is 5.81. The molecule has 100 valence electrons. The second-order valence-electron chi connectivity index (χ2n) is 5.89. The monoisotopic (exact) mass is 251 g/mol. The molecule has 3 aliphatic heterocycles. The molecule has 0 radical (unpaired) electrons. The number of hydrogen-bond acceptors (Lipinski definition) is 3. The molecule has 3 saturated heterocycles. The van der Waals surface area contributed by atoms with Gasteiger partial charge in [-0.1, -0.05) is 0 Å². The quantitative estimate of drug-likeness (QED) is 0.716. The maximum atomic E-state index is 12.4. The summed E-state index contributed by atoms with van der Waals surface area (Å²) >= 11 is 0. The lowest BCUT2D eigenvalue weighted by Gasteiger charge is -2.34. The summed E-state index contributed by atoms with van der Waals surface area (Å²) in [7, 11) is 0. The Bertz CT molecular complexity index is 363. The number of fused-ring (bicyclic) bond motifs is 2. The van der Waals surface area contributed by atoms with Crippen LogP contribution in [0.25, 0.3) is 0 Å². The third-order valence-electron chi connectivity index (χ3n) is 4.83. The van der Waals surface area contributed by atoms with Crippen molar-refractivity contribution in [3.8, 4) is 0 Å². The summed E-state index contributed by atoms with van der Waals surface area (Å²) < 4.78 is 0. The van der Waals surface area contributed by atoms with E-state index in [4.69, 9.17) is 5.73 Å². The molecule has 2 amide bonds.